The van der Waals surface area contributed by atoms with Crippen LogP contribution in [0.25, 0.3) is 44.3 Å². The van der Waals surface area contributed by atoms with E-state index in [2.05, 4.69) is 122 Å². The number of ketones is 1. The van der Waals surface area contributed by atoms with Gasteiger partial charge in [-0.1, -0.05) is 138 Å². The third-order valence-corrected chi connectivity index (χ3v) is 9.22. The molecule has 0 saturated heterocycles. The van der Waals surface area contributed by atoms with E-state index in [1.54, 1.807) is 0 Å². The number of benzene rings is 4. The van der Waals surface area contributed by atoms with Crippen LogP contribution >= 0.6 is 0 Å². The van der Waals surface area contributed by atoms with Gasteiger partial charge in [0.05, 0.1) is 11.5 Å². The minimum atomic E-state index is 0. The topological polar surface area (TPSA) is 63.1 Å². The summed E-state index contributed by atoms with van der Waals surface area (Å²) < 4.78 is 0. The van der Waals surface area contributed by atoms with Crippen molar-refractivity contribution < 1.29 is 30.0 Å². The number of hydrogen-bond donors (Lipinski definition) is 1. The molecule has 1 N–H and O–H groups in total. The van der Waals surface area contributed by atoms with Gasteiger partial charge in [-0.2, -0.15) is 10.2 Å². The fourth-order valence-electron chi connectivity index (χ4n) is 6.12. The molecular weight excluding hydrogens is 781 g/mol. The summed E-state index contributed by atoms with van der Waals surface area (Å²) in [7, 11) is 0. The third-order valence-electron chi connectivity index (χ3n) is 9.22. The molecule has 0 atom stereocenters. The van der Waals surface area contributed by atoms with Crippen LogP contribution in [0, 0.1) is 24.8 Å². The van der Waals surface area contributed by atoms with Crippen LogP contribution < -0.4 is 0 Å². The Morgan fingerprint density at radius 2 is 1.31 bits per heavy atom. The van der Waals surface area contributed by atoms with Crippen molar-refractivity contribution in [1.29, 1.82) is 0 Å². The van der Waals surface area contributed by atoms with Gasteiger partial charge in [0, 0.05) is 43.7 Å². The first kappa shape index (κ1) is 39.5. The van der Waals surface area contributed by atoms with E-state index in [0.717, 1.165) is 59.1 Å². The van der Waals surface area contributed by atoms with E-state index in [9.17, 15) is 9.90 Å². The minimum absolute atomic E-state index is 0. The number of fused-ring (bicyclic) bond motifs is 1. The van der Waals surface area contributed by atoms with E-state index in [0.29, 0.717) is 0 Å². The Morgan fingerprint density at radius 1 is 0.755 bits per heavy atom. The van der Waals surface area contributed by atoms with Crippen LogP contribution in [0.3, 0.4) is 0 Å². The van der Waals surface area contributed by atoms with Crippen LogP contribution in [0.2, 0.25) is 0 Å². The van der Waals surface area contributed by atoms with Gasteiger partial charge in [-0.15, -0.1) is 29.1 Å². The second kappa shape index (κ2) is 18.2. The smallest absolute Gasteiger partial charge is 0.162 e. The van der Waals surface area contributed by atoms with E-state index in [1.165, 1.54) is 28.2 Å². The van der Waals surface area contributed by atoms with Crippen LogP contribution in [-0.2, 0) is 30.3 Å². The van der Waals surface area contributed by atoms with Crippen LogP contribution in [-0.4, -0.2) is 21.1 Å². The van der Waals surface area contributed by atoms with Crippen molar-refractivity contribution in [3.8, 4) is 33.5 Å². The van der Waals surface area contributed by atoms with Crippen molar-refractivity contribution in [2.45, 2.75) is 86.5 Å². The zero-order chi connectivity index (χ0) is 34.8. The Kier molecular flexibility index (Phi) is 14.7. The average molecular weight is 832 g/mol. The normalized spacial score (nSPS) is 11.7. The number of allylic oxidation sites excluding steroid dienone is 2. The number of carbonyl (C=O) groups is 1. The zero-order valence-electron chi connectivity index (χ0n) is 30.3. The van der Waals surface area contributed by atoms with Crippen LogP contribution in [0.5, 0.6) is 0 Å². The molecule has 0 aliphatic rings. The van der Waals surface area contributed by atoms with Gasteiger partial charge in [0.15, 0.2) is 5.78 Å². The van der Waals surface area contributed by atoms with E-state index >= 15 is 0 Å². The molecule has 4 nitrogen and oxygen atoms in total. The number of carbonyl (C=O) groups excluding carboxylic acids is 1. The number of aromatic nitrogens is 2. The summed E-state index contributed by atoms with van der Waals surface area (Å²) in [6.45, 7) is 16.8. The first-order chi connectivity index (χ1) is 23.0. The van der Waals surface area contributed by atoms with E-state index < -0.39 is 0 Å². The molecule has 0 aliphatic heterocycles. The molecule has 1 radical (unpaired) electrons. The quantitative estimate of drug-likeness (QED) is 0.0865. The van der Waals surface area contributed by atoms with Crippen LogP contribution in [0.15, 0.2) is 103 Å². The van der Waals surface area contributed by atoms with Crippen LogP contribution in [0.1, 0.15) is 85.4 Å². The molecule has 0 bridgehead atoms. The number of hydrogen-bond acceptors (Lipinski definition) is 4. The molecule has 0 unspecified atom stereocenters. The van der Waals surface area contributed by atoms with Crippen LogP contribution in [0.4, 0.5) is 0 Å². The maximum Gasteiger partial charge on any atom is 0.162 e. The van der Waals surface area contributed by atoms with E-state index in [-0.39, 0.29) is 48.9 Å². The fraction of sp³-hybridized carbons (Fsp3) is 0.341. The Hall–Kier alpha value is -3.92. The maximum absolute atomic E-state index is 11.7. The summed E-state index contributed by atoms with van der Waals surface area (Å²) in [6.07, 6.45) is 4.91. The summed E-state index contributed by atoms with van der Waals surface area (Å²) in [5, 5.41) is 21.2. The Bertz CT molecular complexity index is 1830. The molecule has 4 aromatic carbocycles. The van der Waals surface area contributed by atoms with Gasteiger partial charge in [-0.05, 0) is 60.3 Å². The van der Waals surface area contributed by atoms with Crippen molar-refractivity contribution in [2.24, 2.45) is 11.8 Å². The summed E-state index contributed by atoms with van der Waals surface area (Å²) in [4.78, 5) is 11.7. The predicted octanol–water partition coefficient (Wildman–Crippen LogP) is 11.9. The number of rotatable bonds is 10. The van der Waals surface area contributed by atoms with Gasteiger partial charge in [-0.3, -0.25) is 4.79 Å². The molecule has 0 spiro atoms. The molecule has 1 aromatic heterocycles. The molecule has 5 aromatic rings. The maximum atomic E-state index is 11.7. The largest absolute Gasteiger partial charge is 0.512 e. The average Bonchev–Trinajstić information content (AvgIpc) is 3.09. The van der Waals surface area contributed by atoms with Gasteiger partial charge < -0.3 is 5.11 Å². The van der Waals surface area contributed by atoms with Gasteiger partial charge >= 0.3 is 0 Å². The van der Waals surface area contributed by atoms with Gasteiger partial charge in [0.1, 0.15) is 0 Å². The molecule has 259 valence electrons. The van der Waals surface area contributed by atoms with Crippen molar-refractivity contribution in [3.63, 3.8) is 0 Å². The summed E-state index contributed by atoms with van der Waals surface area (Å²) in [5.74, 6) is 0.547. The first-order valence-corrected chi connectivity index (χ1v) is 17.4. The molecule has 0 saturated carbocycles. The first-order valence-electron chi connectivity index (χ1n) is 17.4. The summed E-state index contributed by atoms with van der Waals surface area (Å²) in [5.41, 5.74) is 8.71. The standard InChI is InChI=1S/C31H27N2.C13H24O2.Ir/c1-21-28(24-16-14-23(15-17-24)22-10-6-5-7-11-22)20-30(33-32-21)26-18-25-12-8-9-13-27(25)29(19-26)31(2,3)4;1-5-10(6-2)12(14)9-13(15)11(7-3)8-4;/h5-17,19-20H,1-4H3;9-11,14H,5-8H2,1-4H3;/q-1;;/b;12-9-;. The van der Waals surface area contributed by atoms with Crippen molar-refractivity contribution in [2.75, 3.05) is 0 Å². The number of aliphatic hydroxyl groups is 1. The molecule has 49 heavy (non-hydrogen) atoms. The summed E-state index contributed by atoms with van der Waals surface area (Å²) >= 11 is 0. The van der Waals surface area contributed by atoms with Gasteiger partial charge in [0.2, 0.25) is 0 Å². The molecule has 1 heterocycles. The number of nitrogens with zero attached hydrogens (tertiary/aromatic N) is 2. The fourth-order valence-corrected chi connectivity index (χ4v) is 6.12. The van der Waals surface area contributed by atoms with Gasteiger partial charge in [-0.25, -0.2) is 0 Å². The second-order valence-corrected chi connectivity index (χ2v) is 13.6. The monoisotopic (exact) mass is 832 g/mol. The number of aliphatic hydroxyl groups excluding tert-OH is 1. The van der Waals surface area contributed by atoms with E-state index in [1.807, 2.05) is 40.7 Å². The molecular formula is C44H51IrN2O2-. The van der Waals surface area contributed by atoms with Crippen molar-refractivity contribution in [1.82, 2.24) is 10.2 Å². The third kappa shape index (κ3) is 10.1. The number of aryl methyl sites for hydroxylation is 1. The predicted molar refractivity (Wildman–Crippen MR) is 202 cm³/mol. The van der Waals surface area contributed by atoms with Gasteiger partial charge in [0.25, 0.3) is 0 Å². The molecule has 5 rings (SSSR count). The minimum Gasteiger partial charge on any atom is -0.512 e. The Morgan fingerprint density at radius 3 is 1.90 bits per heavy atom. The Balaban J connectivity index is 0.000000347. The molecule has 0 fully saturated rings. The zero-order valence-corrected chi connectivity index (χ0v) is 32.7. The van der Waals surface area contributed by atoms with E-state index in [4.69, 9.17) is 0 Å². The van der Waals surface area contributed by atoms with Crippen molar-refractivity contribution >= 4 is 16.6 Å². The molecule has 0 aliphatic carbocycles. The van der Waals surface area contributed by atoms with Crippen molar-refractivity contribution in [3.05, 3.63) is 120 Å². The molecule has 5 heteroatoms. The second-order valence-electron chi connectivity index (χ2n) is 13.6. The molecule has 0 amide bonds. The SMILES string of the molecule is CCC(CC)C(=O)/C=C(\O)C(CC)CC.Cc1nnc(-c2[c-]c3ccccc3c(C(C)(C)C)c2)cc1-c1ccc(-c2ccccc2)cc1.[Ir]. The Labute approximate surface area is 307 Å². The summed E-state index contributed by atoms with van der Waals surface area (Å²) in [6, 6.07) is 35.5.